The van der Waals surface area contributed by atoms with Crippen molar-refractivity contribution < 1.29 is 13.9 Å². The first-order chi connectivity index (χ1) is 17.0. The van der Waals surface area contributed by atoms with Crippen molar-refractivity contribution in [3.8, 4) is 17.0 Å². The summed E-state index contributed by atoms with van der Waals surface area (Å²) in [6.45, 7) is 4.39. The number of nitrogens with one attached hydrogen (secondary N) is 1. The molecule has 0 radical (unpaired) electrons. The quantitative estimate of drug-likeness (QED) is 0.392. The molecule has 0 atom stereocenters. The lowest BCUT2D eigenvalue weighted by atomic mass is 10.2. The topological polar surface area (TPSA) is 90.2 Å². The summed E-state index contributed by atoms with van der Waals surface area (Å²) < 4.78 is 26.1. The van der Waals surface area contributed by atoms with E-state index in [1.54, 1.807) is 32.5 Å². The van der Waals surface area contributed by atoms with Crippen LogP contribution in [0.25, 0.3) is 11.3 Å². The van der Waals surface area contributed by atoms with Crippen LogP contribution in [-0.4, -0.2) is 58.6 Å². The summed E-state index contributed by atoms with van der Waals surface area (Å²) in [6, 6.07) is 7.97. The standard InChI is InChI=1S/C24H26FN7O2S/c1-15-19(25)12-26-23(27-15)29-24-28-21-18-14-32(13-16-4-6-17(34-3)7-5-16)30-22(18)31(10-11-33-2)9-8-20(21)35-24/h4-7,12,14H,8-11,13H2,1-3H3,(H,26,27,28,29). The number of rotatable bonds is 8. The van der Waals surface area contributed by atoms with E-state index >= 15 is 0 Å². The Hall–Kier alpha value is -3.57. The van der Waals surface area contributed by atoms with Crippen LogP contribution >= 0.6 is 11.3 Å². The van der Waals surface area contributed by atoms with Gasteiger partial charge in [-0.2, -0.15) is 5.10 Å². The number of aryl methyl sites for hydroxylation is 1. The molecule has 1 N–H and O–H groups in total. The van der Waals surface area contributed by atoms with Crippen molar-refractivity contribution in [3.05, 3.63) is 58.6 Å². The van der Waals surface area contributed by atoms with E-state index in [4.69, 9.17) is 19.6 Å². The fourth-order valence-corrected chi connectivity index (χ4v) is 4.92. The van der Waals surface area contributed by atoms with Gasteiger partial charge in [0, 0.05) is 37.7 Å². The maximum Gasteiger partial charge on any atom is 0.229 e. The van der Waals surface area contributed by atoms with Gasteiger partial charge < -0.3 is 19.7 Å². The van der Waals surface area contributed by atoms with Crippen molar-refractivity contribution in [2.75, 3.05) is 44.1 Å². The van der Waals surface area contributed by atoms with E-state index in [0.29, 0.717) is 24.2 Å². The molecule has 0 aliphatic carbocycles. The molecule has 1 aromatic carbocycles. The number of thiazole rings is 1. The summed E-state index contributed by atoms with van der Waals surface area (Å²) >= 11 is 1.56. The van der Waals surface area contributed by atoms with E-state index in [0.717, 1.165) is 59.0 Å². The van der Waals surface area contributed by atoms with Crippen LogP contribution < -0.4 is 15.0 Å². The summed E-state index contributed by atoms with van der Waals surface area (Å²) in [5.74, 6) is 1.60. The Morgan fingerprint density at radius 2 is 2.00 bits per heavy atom. The highest BCUT2D eigenvalue weighted by Crippen LogP contribution is 2.39. The molecule has 1 aliphatic heterocycles. The molecule has 182 valence electrons. The maximum atomic E-state index is 13.6. The van der Waals surface area contributed by atoms with E-state index < -0.39 is 5.82 Å². The second kappa shape index (κ2) is 9.96. The van der Waals surface area contributed by atoms with E-state index in [9.17, 15) is 4.39 Å². The van der Waals surface area contributed by atoms with Gasteiger partial charge in [-0.25, -0.2) is 19.3 Å². The van der Waals surface area contributed by atoms with Gasteiger partial charge in [0.05, 0.1) is 43.4 Å². The molecule has 4 aromatic rings. The van der Waals surface area contributed by atoms with Gasteiger partial charge in [0.2, 0.25) is 5.95 Å². The number of nitrogens with zero attached hydrogens (tertiary/aromatic N) is 6. The molecule has 1 aliphatic rings. The van der Waals surface area contributed by atoms with Gasteiger partial charge in [-0.3, -0.25) is 4.68 Å². The molecule has 0 unspecified atom stereocenters. The molecule has 11 heteroatoms. The Balaban J connectivity index is 1.47. The predicted molar refractivity (Wildman–Crippen MR) is 133 cm³/mol. The third kappa shape index (κ3) is 4.96. The molecule has 9 nitrogen and oxygen atoms in total. The molecule has 5 rings (SSSR count). The zero-order chi connectivity index (χ0) is 24.4. The van der Waals surface area contributed by atoms with Crippen LogP contribution in [0.1, 0.15) is 16.1 Å². The molecule has 0 bridgehead atoms. The molecular formula is C24H26FN7O2S. The molecule has 0 amide bonds. The molecule has 0 fully saturated rings. The van der Waals surface area contributed by atoms with Crippen molar-refractivity contribution >= 4 is 28.2 Å². The molecule has 0 saturated carbocycles. The van der Waals surface area contributed by atoms with E-state index in [2.05, 4.69) is 20.2 Å². The van der Waals surface area contributed by atoms with Crippen LogP contribution in [0.2, 0.25) is 0 Å². The number of benzene rings is 1. The fraction of sp³-hybridized carbons (Fsp3) is 0.333. The van der Waals surface area contributed by atoms with Crippen molar-refractivity contribution in [1.82, 2.24) is 24.7 Å². The van der Waals surface area contributed by atoms with E-state index in [1.165, 1.54) is 0 Å². The highest BCUT2D eigenvalue weighted by atomic mass is 32.1. The second-order valence-electron chi connectivity index (χ2n) is 8.18. The number of anilines is 3. The fourth-order valence-electron chi connectivity index (χ4n) is 3.97. The van der Waals surface area contributed by atoms with Gasteiger partial charge in [0.25, 0.3) is 0 Å². The van der Waals surface area contributed by atoms with E-state index in [-0.39, 0.29) is 5.69 Å². The SMILES string of the molecule is COCCN1CCc2sc(Nc3ncc(F)c(C)n3)nc2-c2cn(Cc3ccc(OC)cc3)nc21. The average molecular weight is 496 g/mol. The average Bonchev–Trinajstić information content (AvgIpc) is 3.43. The third-order valence-electron chi connectivity index (χ3n) is 5.81. The number of ether oxygens (including phenoxy) is 2. The van der Waals surface area contributed by atoms with Crippen LogP contribution in [0.3, 0.4) is 0 Å². The summed E-state index contributed by atoms with van der Waals surface area (Å²) in [5, 5.41) is 8.73. The summed E-state index contributed by atoms with van der Waals surface area (Å²) in [4.78, 5) is 16.5. The van der Waals surface area contributed by atoms with Crippen molar-refractivity contribution in [2.45, 2.75) is 19.9 Å². The summed E-state index contributed by atoms with van der Waals surface area (Å²) in [6.07, 6.45) is 4.04. The monoisotopic (exact) mass is 495 g/mol. The lowest BCUT2D eigenvalue weighted by Crippen LogP contribution is -2.29. The second-order valence-corrected chi connectivity index (χ2v) is 9.27. The minimum Gasteiger partial charge on any atom is -0.497 e. The summed E-state index contributed by atoms with van der Waals surface area (Å²) in [7, 11) is 3.36. The number of hydrogen-bond acceptors (Lipinski definition) is 9. The number of halogens is 1. The third-order valence-corrected chi connectivity index (χ3v) is 6.84. The number of fused-ring (bicyclic) bond motifs is 3. The lowest BCUT2D eigenvalue weighted by Gasteiger charge is -2.21. The Bertz CT molecular complexity index is 1320. The molecule has 35 heavy (non-hydrogen) atoms. The van der Waals surface area contributed by atoms with Gasteiger partial charge in [0.1, 0.15) is 5.75 Å². The first kappa shape index (κ1) is 23.2. The molecule has 0 spiro atoms. The highest BCUT2D eigenvalue weighted by Gasteiger charge is 2.27. The van der Waals surface area contributed by atoms with E-state index in [1.807, 2.05) is 35.1 Å². The first-order valence-corrected chi connectivity index (χ1v) is 12.1. The van der Waals surface area contributed by atoms with Gasteiger partial charge in [-0.1, -0.05) is 12.1 Å². The molecule has 4 heterocycles. The van der Waals surface area contributed by atoms with Crippen LogP contribution in [0.15, 0.2) is 36.7 Å². The largest absolute Gasteiger partial charge is 0.497 e. The van der Waals surface area contributed by atoms with Crippen molar-refractivity contribution in [1.29, 1.82) is 0 Å². The Morgan fingerprint density at radius 1 is 1.17 bits per heavy atom. The molecular weight excluding hydrogens is 469 g/mol. The summed E-state index contributed by atoms with van der Waals surface area (Å²) in [5.41, 5.74) is 3.28. The normalized spacial score (nSPS) is 12.7. The Kier molecular flexibility index (Phi) is 6.60. The first-order valence-electron chi connectivity index (χ1n) is 11.2. The molecule has 3 aromatic heterocycles. The van der Waals surface area contributed by atoms with Gasteiger partial charge in [-0.05, 0) is 24.6 Å². The predicted octanol–water partition coefficient (Wildman–Crippen LogP) is 4.05. The number of aromatic nitrogens is 5. The van der Waals surface area contributed by atoms with Crippen LogP contribution in [0.5, 0.6) is 5.75 Å². The highest BCUT2D eigenvalue weighted by molar-refractivity contribution is 7.16. The van der Waals surface area contributed by atoms with Gasteiger partial charge in [-0.15, -0.1) is 11.3 Å². The van der Waals surface area contributed by atoms with Crippen molar-refractivity contribution in [3.63, 3.8) is 0 Å². The van der Waals surface area contributed by atoms with Crippen LogP contribution in [-0.2, 0) is 17.7 Å². The zero-order valence-corrected chi connectivity index (χ0v) is 20.6. The van der Waals surface area contributed by atoms with Crippen LogP contribution in [0, 0.1) is 12.7 Å². The van der Waals surface area contributed by atoms with Gasteiger partial charge >= 0.3 is 0 Å². The molecule has 0 saturated heterocycles. The minimum atomic E-state index is -0.435. The van der Waals surface area contributed by atoms with Crippen LogP contribution in [0.4, 0.5) is 21.3 Å². The number of hydrogen-bond donors (Lipinski definition) is 1. The lowest BCUT2D eigenvalue weighted by molar-refractivity contribution is 0.205. The van der Waals surface area contributed by atoms with Crippen molar-refractivity contribution in [2.24, 2.45) is 0 Å². The van der Waals surface area contributed by atoms with Gasteiger partial charge in [0.15, 0.2) is 16.8 Å². The Morgan fingerprint density at radius 3 is 2.74 bits per heavy atom. The Labute approximate surface area is 206 Å². The maximum absolute atomic E-state index is 13.6. The number of methoxy groups -OCH3 is 2. The smallest absolute Gasteiger partial charge is 0.229 e. The minimum absolute atomic E-state index is 0.288. The zero-order valence-electron chi connectivity index (χ0n) is 19.8.